The fourth-order valence-corrected chi connectivity index (χ4v) is 2.58. The molecule has 19 heavy (non-hydrogen) atoms. The predicted octanol–water partition coefficient (Wildman–Crippen LogP) is 3.59. The van der Waals surface area contributed by atoms with Gasteiger partial charge in [-0.05, 0) is 31.2 Å². The third kappa shape index (κ3) is 4.93. The highest BCUT2D eigenvalue weighted by molar-refractivity contribution is 9.10. The molecular formula is C14H16BrNO2S. The lowest BCUT2D eigenvalue weighted by atomic mass is 10.1. The normalized spacial score (nSPS) is 12.4. The first-order valence-corrected chi connectivity index (χ1v) is 7.78. The van der Waals surface area contributed by atoms with Gasteiger partial charge in [0.2, 0.25) is 0 Å². The molecule has 1 unspecified atom stereocenters. The third-order valence-corrected chi connectivity index (χ3v) is 4.00. The molecule has 5 heteroatoms. The second-order valence-corrected chi connectivity index (χ2v) is 6.28. The molecule has 3 nitrogen and oxygen atoms in total. The first kappa shape index (κ1) is 14.5. The van der Waals surface area contributed by atoms with E-state index in [2.05, 4.69) is 20.9 Å². The van der Waals surface area contributed by atoms with Gasteiger partial charge in [0.15, 0.2) is 0 Å². The Hall–Kier alpha value is -0.910. The van der Waals surface area contributed by atoms with Gasteiger partial charge in [0.25, 0.3) is 0 Å². The molecule has 0 fully saturated rings. The number of nitrogens with zero attached hydrogens (tertiary/aromatic N) is 1. The van der Waals surface area contributed by atoms with Crippen LogP contribution in [0, 0.1) is 6.92 Å². The highest BCUT2D eigenvalue weighted by atomic mass is 79.9. The molecule has 2 aromatic rings. The van der Waals surface area contributed by atoms with Gasteiger partial charge in [-0.25, -0.2) is 4.98 Å². The lowest BCUT2D eigenvalue weighted by molar-refractivity contribution is 0.138. The Labute approximate surface area is 125 Å². The largest absolute Gasteiger partial charge is 0.493 e. The van der Waals surface area contributed by atoms with E-state index in [0.29, 0.717) is 19.4 Å². The number of ether oxygens (including phenoxy) is 1. The van der Waals surface area contributed by atoms with Crippen molar-refractivity contribution in [2.45, 2.75) is 25.9 Å². The summed E-state index contributed by atoms with van der Waals surface area (Å²) >= 11 is 4.98. The zero-order chi connectivity index (χ0) is 13.7. The molecule has 0 saturated heterocycles. The third-order valence-electron chi connectivity index (χ3n) is 2.64. The number of aliphatic hydroxyl groups excluding tert-OH is 1. The molecule has 1 aromatic carbocycles. The highest BCUT2D eigenvalue weighted by Crippen LogP contribution is 2.17. The van der Waals surface area contributed by atoms with Gasteiger partial charge in [-0.15, -0.1) is 11.3 Å². The molecule has 0 saturated carbocycles. The molecule has 0 radical (unpaired) electrons. The summed E-state index contributed by atoms with van der Waals surface area (Å²) in [5.41, 5.74) is 0.957. The van der Waals surface area contributed by atoms with Crippen molar-refractivity contribution in [1.82, 2.24) is 4.98 Å². The predicted molar refractivity (Wildman–Crippen MR) is 80.8 cm³/mol. The minimum absolute atomic E-state index is 0.406. The number of aryl methyl sites for hydroxylation is 1. The standard InChI is InChI=1S/C14H16BrNO2S/c1-10-16-12(9-19-10)8-13(17)6-7-18-14-4-2-11(15)3-5-14/h2-5,9,13,17H,6-8H2,1H3. The lowest BCUT2D eigenvalue weighted by Gasteiger charge is -2.10. The van der Waals surface area contributed by atoms with Crippen LogP contribution in [0.4, 0.5) is 0 Å². The van der Waals surface area contributed by atoms with Crippen molar-refractivity contribution in [2.75, 3.05) is 6.61 Å². The van der Waals surface area contributed by atoms with Crippen molar-refractivity contribution < 1.29 is 9.84 Å². The van der Waals surface area contributed by atoms with Crippen LogP contribution in [0.25, 0.3) is 0 Å². The Kier molecular flexibility index (Phi) is 5.36. The highest BCUT2D eigenvalue weighted by Gasteiger charge is 2.08. The van der Waals surface area contributed by atoms with Gasteiger partial charge >= 0.3 is 0 Å². The van der Waals surface area contributed by atoms with E-state index < -0.39 is 6.10 Å². The van der Waals surface area contributed by atoms with Crippen molar-refractivity contribution in [3.63, 3.8) is 0 Å². The Bertz CT molecular complexity index is 512. The van der Waals surface area contributed by atoms with E-state index in [9.17, 15) is 5.11 Å². The van der Waals surface area contributed by atoms with E-state index in [-0.39, 0.29) is 0 Å². The number of rotatable bonds is 6. The number of aromatic nitrogens is 1. The average Bonchev–Trinajstić information content (AvgIpc) is 2.77. The summed E-state index contributed by atoms with van der Waals surface area (Å²) in [5.74, 6) is 0.819. The van der Waals surface area contributed by atoms with Crippen LogP contribution in [0.2, 0.25) is 0 Å². The molecule has 1 atom stereocenters. The zero-order valence-corrected chi connectivity index (χ0v) is 13.1. The zero-order valence-electron chi connectivity index (χ0n) is 10.7. The second kappa shape index (κ2) is 7.03. The minimum Gasteiger partial charge on any atom is -0.493 e. The van der Waals surface area contributed by atoms with E-state index in [0.717, 1.165) is 20.9 Å². The minimum atomic E-state index is -0.406. The van der Waals surface area contributed by atoms with Crippen LogP contribution in [-0.4, -0.2) is 22.8 Å². The van der Waals surface area contributed by atoms with Gasteiger partial charge < -0.3 is 9.84 Å². The van der Waals surface area contributed by atoms with Gasteiger partial charge in [0, 0.05) is 22.7 Å². The summed E-state index contributed by atoms with van der Waals surface area (Å²) in [7, 11) is 0. The summed E-state index contributed by atoms with van der Waals surface area (Å²) in [5, 5.41) is 12.9. The molecule has 0 aliphatic rings. The van der Waals surface area contributed by atoms with Crippen LogP contribution in [0.3, 0.4) is 0 Å². The summed E-state index contributed by atoms with van der Waals surface area (Å²) in [4.78, 5) is 4.34. The van der Waals surface area contributed by atoms with Crippen molar-refractivity contribution in [3.8, 4) is 5.75 Å². The summed E-state index contributed by atoms with van der Waals surface area (Å²) < 4.78 is 6.60. The summed E-state index contributed by atoms with van der Waals surface area (Å²) in [6, 6.07) is 7.67. The Morgan fingerprint density at radius 3 is 2.74 bits per heavy atom. The topological polar surface area (TPSA) is 42.4 Å². The maximum atomic E-state index is 9.91. The van der Waals surface area contributed by atoms with E-state index >= 15 is 0 Å². The smallest absolute Gasteiger partial charge is 0.119 e. The molecule has 102 valence electrons. The van der Waals surface area contributed by atoms with Gasteiger partial charge in [0.1, 0.15) is 5.75 Å². The van der Waals surface area contributed by atoms with Gasteiger partial charge in [-0.1, -0.05) is 15.9 Å². The fraction of sp³-hybridized carbons (Fsp3) is 0.357. The Morgan fingerprint density at radius 1 is 1.37 bits per heavy atom. The molecule has 1 N–H and O–H groups in total. The van der Waals surface area contributed by atoms with Gasteiger partial charge in [-0.3, -0.25) is 0 Å². The molecule has 2 rings (SSSR count). The summed E-state index contributed by atoms with van der Waals surface area (Å²) in [6.45, 7) is 2.48. The maximum Gasteiger partial charge on any atom is 0.119 e. The maximum absolute atomic E-state index is 9.91. The van der Waals surface area contributed by atoms with Crippen LogP contribution in [-0.2, 0) is 6.42 Å². The number of hydrogen-bond acceptors (Lipinski definition) is 4. The van der Waals surface area contributed by atoms with Crippen LogP contribution >= 0.6 is 27.3 Å². The number of hydrogen-bond donors (Lipinski definition) is 1. The molecule has 0 amide bonds. The van der Waals surface area contributed by atoms with Gasteiger partial charge in [0.05, 0.1) is 23.4 Å². The quantitative estimate of drug-likeness (QED) is 0.872. The molecule has 0 spiro atoms. The van der Waals surface area contributed by atoms with Gasteiger partial charge in [-0.2, -0.15) is 0 Å². The van der Waals surface area contributed by atoms with Crippen molar-refractivity contribution in [3.05, 3.63) is 44.8 Å². The van der Waals surface area contributed by atoms with Crippen LogP contribution in [0.5, 0.6) is 5.75 Å². The van der Waals surface area contributed by atoms with Crippen LogP contribution in [0.1, 0.15) is 17.1 Å². The van der Waals surface area contributed by atoms with E-state index in [4.69, 9.17) is 4.74 Å². The average molecular weight is 342 g/mol. The number of thiazole rings is 1. The van der Waals surface area contributed by atoms with E-state index in [1.54, 1.807) is 11.3 Å². The van der Waals surface area contributed by atoms with Crippen molar-refractivity contribution in [2.24, 2.45) is 0 Å². The summed E-state index contributed by atoms with van der Waals surface area (Å²) in [6.07, 6.45) is 0.790. The molecule has 1 heterocycles. The molecule has 0 aliphatic carbocycles. The first-order valence-electron chi connectivity index (χ1n) is 6.11. The molecule has 1 aromatic heterocycles. The van der Waals surface area contributed by atoms with Crippen molar-refractivity contribution >= 4 is 27.3 Å². The number of halogens is 1. The van der Waals surface area contributed by atoms with E-state index in [1.807, 2.05) is 36.6 Å². The SMILES string of the molecule is Cc1nc(CC(O)CCOc2ccc(Br)cc2)cs1. The van der Waals surface area contributed by atoms with Crippen molar-refractivity contribution in [1.29, 1.82) is 0 Å². The molecule has 0 aliphatic heterocycles. The number of aliphatic hydroxyl groups is 1. The Balaban J connectivity index is 1.71. The van der Waals surface area contributed by atoms with E-state index in [1.165, 1.54) is 0 Å². The first-order chi connectivity index (χ1) is 9.13. The number of benzene rings is 1. The van der Waals surface area contributed by atoms with Crippen LogP contribution in [0.15, 0.2) is 34.1 Å². The second-order valence-electron chi connectivity index (χ2n) is 4.31. The molecule has 0 bridgehead atoms. The molecular weight excluding hydrogens is 326 g/mol. The van der Waals surface area contributed by atoms with Crippen LogP contribution < -0.4 is 4.74 Å². The monoisotopic (exact) mass is 341 g/mol. The Morgan fingerprint density at radius 2 is 2.11 bits per heavy atom. The fourth-order valence-electron chi connectivity index (χ4n) is 1.69. The lowest BCUT2D eigenvalue weighted by Crippen LogP contribution is -2.15.